The van der Waals surface area contributed by atoms with Crippen molar-refractivity contribution >= 4 is 34.7 Å². The zero-order valence-corrected chi connectivity index (χ0v) is 20.9. The van der Waals surface area contributed by atoms with Crippen molar-refractivity contribution in [3.05, 3.63) is 113 Å². The highest BCUT2D eigenvalue weighted by Gasteiger charge is 2.31. The molecule has 37 heavy (non-hydrogen) atoms. The Labute approximate surface area is 219 Å². The number of benzene rings is 3. The Morgan fingerprint density at radius 1 is 0.811 bits per heavy atom. The van der Waals surface area contributed by atoms with E-state index >= 15 is 0 Å². The number of para-hydroxylation sites is 2. The Balaban J connectivity index is 1.53. The van der Waals surface area contributed by atoms with E-state index in [9.17, 15) is 5.26 Å². The monoisotopic (exact) mass is 504 g/mol. The molecule has 1 fully saturated rings. The van der Waals surface area contributed by atoms with Crippen molar-refractivity contribution < 1.29 is 4.74 Å². The minimum absolute atomic E-state index is 0.465. The SMILES string of the molecule is N#C/C(=C1\SC=C(c2ccccc2)N1c1ccccc1)c1nnc(N2CCOCC2)n1-c1ccccc1. The smallest absolute Gasteiger partial charge is 0.232 e. The number of aromatic nitrogens is 3. The number of allylic oxidation sites excluding steroid dienone is 1. The molecule has 1 saturated heterocycles. The maximum Gasteiger partial charge on any atom is 0.232 e. The quantitative estimate of drug-likeness (QED) is 0.330. The molecule has 0 saturated carbocycles. The third kappa shape index (κ3) is 4.40. The van der Waals surface area contributed by atoms with E-state index in [0.29, 0.717) is 43.6 Å². The second-order valence-electron chi connectivity index (χ2n) is 8.54. The predicted molar refractivity (Wildman–Crippen MR) is 148 cm³/mol. The lowest BCUT2D eigenvalue weighted by atomic mass is 10.1. The van der Waals surface area contributed by atoms with Crippen LogP contribution in [0.15, 0.2) is 101 Å². The number of morpholine rings is 1. The van der Waals surface area contributed by atoms with Crippen LogP contribution in [0.3, 0.4) is 0 Å². The molecule has 0 spiro atoms. The highest BCUT2D eigenvalue weighted by molar-refractivity contribution is 8.06. The van der Waals surface area contributed by atoms with Crippen LogP contribution < -0.4 is 9.80 Å². The molecule has 0 atom stereocenters. The van der Waals surface area contributed by atoms with Crippen LogP contribution in [0.5, 0.6) is 0 Å². The highest BCUT2D eigenvalue weighted by atomic mass is 32.2. The van der Waals surface area contributed by atoms with E-state index in [0.717, 1.165) is 27.7 Å². The van der Waals surface area contributed by atoms with Crippen LogP contribution >= 0.6 is 11.8 Å². The molecule has 0 unspecified atom stereocenters. The summed E-state index contributed by atoms with van der Waals surface area (Å²) in [6, 6.07) is 32.8. The normalized spacial score (nSPS) is 16.9. The van der Waals surface area contributed by atoms with Crippen molar-refractivity contribution in [2.24, 2.45) is 0 Å². The minimum Gasteiger partial charge on any atom is -0.378 e. The first-order valence-electron chi connectivity index (χ1n) is 12.1. The topological polar surface area (TPSA) is 70.2 Å². The zero-order valence-electron chi connectivity index (χ0n) is 20.1. The molecule has 182 valence electrons. The second kappa shape index (κ2) is 10.3. The van der Waals surface area contributed by atoms with Crippen molar-refractivity contribution in [3.63, 3.8) is 0 Å². The largest absolute Gasteiger partial charge is 0.378 e. The number of nitrogens with zero attached hydrogens (tertiary/aromatic N) is 6. The van der Waals surface area contributed by atoms with Crippen LogP contribution in [0.4, 0.5) is 11.6 Å². The van der Waals surface area contributed by atoms with Crippen molar-refractivity contribution in [1.29, 1.82) is 5.26 Å². The van der Waals surface area contributed by atoms with Gasteiger partial charge in [0.1, 0.15) is 16.7 Å². The molecule has 0 radical (unpaired) electrons. The highest BCUT2D eigenvalue weighted by Crippen LogP contribution is 2.46. The fourth-order valence-electron chi connectivity index (χ4n) is 4.55. The van der Waals surface area contributed by atoms with Gasteiger partial charge in [0.2, 0.25) is 5.95 Å². The zero-order chi connectivity index (χ0) is 25.0. The Morgan fingerprint density at radius 2 is 1.43 bits per heavy atom. The summed E-state index contributed by atoms with van der Waals surface area (Å²) in [5, 5.41) is 22.6. The van der Waals surface area contributed by atoms with Crippen LogP contribution in [0.1, 0.15) is 11.4 Å². The first kappa shape index (κ1) is 23.1. The maximum atomic E-state index is 10.6. The van der Waals surface area contributed by atoms with E-state index < -0.39 is 0 Å². The molecule has 2 aliphatic rings. The number of thioether (sulfide) groups is 1. The molecule has 2 aliphatic heterocycles. The van der Waals surface area contributed by atoms with Crippen LogP contribution in [0.2, 0.25) is 0 Å². The molecule has 6 rings (SSSR count). The molecule has 0 N–H and O–H groups in total. The molecule has 3 aromatic carbocycles. The van der Waals surface area contributed by atoms with Gasteiger partial charge in [0.05, 0.1) is 24.6 Å². The summed E-state index contributed by atoms with van der Waals surface area (Å²) < 4.78 is 7.55. The summed E-state index contributed by atoms with van der Waals surface area (Å²) in [7, 11) is 0. The lowest BCUT2D eigenvalue weighted by Gasteiger charge is -2.28. The molecule has 0 aliphatic carbocycles. The van der Waals surface area contributed by atoms with Gasteiger partial charge < -0.3 is 14.5 Å². The molecule has 7 nitrogen and oxygen atoms in total. The van der Waals surface area contributed by atoms with Gasteiger partial charge in [-0.15, -0.1) is 10.2 Å². The lowest BCUT2D eigenvalue weighted by molar-refractivity contribution is 0.122. The maximum absolute atomic E-state index is 10.6. The summed E-state index contributed by atoms with van der Waals surface area (Å²) in [6.07, 6.45) is 0. The molecule has 3 heterocycles. The van der Waals surface area contributed by atoms with Crippen molar-refractivity contribution in [3.8, 4) is 11.8 Å². The van der Waals surface area contributed by atoms with E-state index in [2.05, 4.69) is 55.7 Å². The Kier molecular flexibility index (Phi) is 6.46. The van der Waals surface area contributed by atoms with Crippen molar-refractivity contribution in [2.45, 2.75) is 0 Å². The molecule has 1 aromatic heterocycles. The fraction of sp³-hybridized carbons (Fsp3) is 0.138. The third-order valence-corrected chi connectivity index (χ3v) is 7.26. The van der Waals surface area contributed by atoms with Crippen LogP contribution in [-0.4, -0.2) is 41.1 Å². The van der Waals surface area contributed by atoms with Crippen LogP contribution in [0, 0.1) is 11.3 Å². The fourth-order valence-corrected chi connectivity index (χ4v) is 5.58. The number of nitriles is 1. The minimum atomic E-state index is 0.465. The summed E-state index contributed by atoms with van der Waals surface area (Å²) in [4.78, 5) is 4.30. The van der Waals surface area contributed by atoms with Gasteiger partial charge in [0.15, 0.2) is 5.82 Å². The molecule has 0 amide bonds. The third-order valence-electron chi connectivity index (χ3n) is 6.31. The van der Waals surface area contributed by atoms with Gasteiger partial charge in [-0.3, -0.25) is 4.57 Å². The molecular formula is C29H24N6OS. The number of hydrogen-bond acceptors (Lipinski definition) is 7. The number of anilines is 2. The van der Waals surface area contributed by atoms with Gasteiger partial charge in [-0.2, -0.15) is 5.26 Å². The summed E-state index contributed by atoms with van der Waals surface area (Å²) in [6.45, 7) is 2.69. The average molecular weight is 505 g/mol. The summed E-state index contributed by atoms with van der Waals surface area (Å²) >= 11 is 1.53. The Bertz CT molecular complexity index is 1490. The molecule has 0 bridgehead atoms. The first-order chi connectivity index (χ1) is 18.3. The molecular weight excluding hydrogens is 480 g/mol. The standard InChI is InChI=1S/C29H24N6OS/c30-20-25(27-31-32-29(33-16-18-36-19-17-33)35(27)24-14-8-3-9-15-24)28-34(23-12-6-2-7-13-23)26(21-37-28)22-10-4-1-5-11-22/h1-15,21H,16-19H2/b28-25+. The summed E-state index contributed by atoms with van der Waals surface area (Å²) in [5.41, 5.74) is 4.43. The van der Waals surface area contributed by atoms with Crippen molar-refractivity contribution in [1.82, 2.24) is 14.8 Å². The van der Waals surface area contributed by atoms with Crippen LogP contribution in [-0.2, 0) is 4.74 Å². The van der Waals surface area contributed by atoms with Gasteiger partial charge in [0, 0.05) is 24.2 Å². The van der Waals surface area contributed by atoms with Gasteiger partial charge >= 0.3 is 0 Å². The Morgan fingerprint density at radius 3 is 2.08 bits per heavy atom. The number of hydrogen-bond donors (Lipinski definition) is 0. The Hall–Kier alpha value is -4.32. The van der Waals surface area contributed by atoms with E-state index in [1.54, 1.807) is 0 Å². The van der Waals surface area contributed by atoms with Gasteiger partial charge in [0.25, 0.3) is 0 Å². The predicted octanol–water partition coefficient (Wildman–Crippen LogP) is 5.55. The molecule has 8 heteroatoms. The average Bonchev–Trinajstić information content (AvgIpc) is 3.61. The number of ether oxygens (including phenoxy) is 1. The van der Waals surface area contributed by atoms with Crippen LogP contribution in [0.25, 0.3) is 17.0 Å². The second-order valence-corrected chi connectivity index (χ2v) is 9.40. The van der Waals surface area contributed by atoms with Crippen molar-refractivity contribution in [2.75, 3.05) is 36.1 Å². The number of rotatable bonds is 5. The molecule has 4 aromatic rings. The van der Waals surface area contributed by atoms with Gasteiger partial charge in [-0.05, 0) is 29.8 Å². The van der Waals surface area contributed by atoms with E-state index in [-0.39, 0.29) is 0 Å². The van der Waals surface area contributed by atoms with E-state index in [1.165, 1.54) is 11.8 Å². The summed E-state index contributed by atoms with van der Waals surface area (Å²) in [5.74, 6) is 1.23. The van der Waals surface area contributed by atoms with E-state index in [1.807, 2.05) is 71.3 Å². The van der Waals surface area contributed by atoms with E-state index in [4.69, 9.17) is 4.74 Å². The van der Waals surface area contributed by atoms with Gasteiger partial charge in [-0.25, -0.2) is 0 Å². The first-order valence-corrected chi connectivity index (χ1v) is 13.0. The lowest BCUT2D eigenvalue weighted by Crippen LogP contribution is -2.38. The van der Waals surface area contributed by atoms with Gasteiger partial charge in [-0.1, -0.05) is 78.5 Å².